The fraction of sp³-hybridized carbons (Fsp3) is 0.350. The monoisotopic (exact) mass is 389 g/mol. The highest BCUT2D eigenvalue weighted by atomic mass is 79.9. The Morgan fingerprint density at radius 1 is 1.00 bits per heavy atom. The average Bonchev–Trinajstić information content (AvgIpc) is 2.52. The van der Waals surface area contributed by atoms with Crippen molar-refractivity contribution in [1.29, 1.82) is 0 Å². The van der Waals surface area contributed by atoms with E-state index in [9.17, 15) is 4.79 Å². The molecule has 1 N–H and O–H groups in total. The number of nitrogens with one attached hydrogen (secondary N) is 1. The van der Waals surface area contributed by atoms with E-state index in [4.69, 9.17) is 4.74 Å². The van der Waals surface area contributed by atoms with Crippen LogP contribution in [0.4, 0.5) is 0 Å². The Balaban J connectivity index is 2.03. The molecular weight excluding hydrogens is 366 g/mol. The number of rotatable bonds is 5. The molecule has 0 spiro atoms. The molecule has 24 heavy (non-hydrogen) atoms. The molecule has 0 saturated heterocycles. The number of hydrogen-bond donors (Lipinski definition) is 1. The van der Waals surface area contributed by atoms with Crippen LogP contribution in [0.5, 0.6) is 5.75 Å². The lowest BCUT2D eigenvalue weighted by atomic mass is 9.96. The normalized spacial score (nSPS) is 13.2. The van der Waals surface area contributed by atoms with E-state index < -0.39 is 6.10 Å². The van der Waals surface area contributed by atoms with Crippen LogP contribution in [0.25, 0.3) is 0 Å². The summed E-state index contributed by atoms with van der Waals surface area (Å²) in [5.74, 6) is 0.555. The molecule has 0 bridgehead atoms. The Morgan fingerprint density at radius 3 is 2.21 bits per heavy atom. The van der Waals surface area contributed by atoms with Gasteiger partial charge in [-0.25, -0.2) is 0 Å². The molecule has 3 nitrogen and oxygen atoms in total. The van der Waals surface area contributed by atoms with E-state index in [-0.39, 0.29) is 11.9 Å². The topological polar surface area (TPSA) is 38.3 Å². The molecule has 0 saturated carbocycles. The summed E-state index contributed by atoms with van der Waals surface area (Å²) in [6.07, 6.45) is -0.555. The second-order valence-corrected chi connectivity index (χ2v) is 7.15. The first-order chi connectivity index (χ1) is 11.3. The van der Waals surface area contributed by atoms with Gasteiger partial charge in [-0.1, -0.05) is 28.1 Å². The number of hydrogen-bond acceptors (Lipinski definition) is 2. The molecule has 0 aliphatic rings. The van der Waals surface area contributed by atoms with Crippen molar-refractivity contribution in [2.75, 3.05) is 0 Å². The van der Waals surface area contributed by atoms with Gasteiger partial charge >= 0.3 is 0 Å². The van der Waals surface area contributed by atoms with Crippen LogP contribution < -0.4 is 10.1 Å². The van der Waals surface area contributed by atoms with Gasteiger partial charge in [0.05, 0.1) is 6.04 Å². The second kappa shape index (κ2) is 7.84. The lowest BCUT2D eigenvalue weighted by molar-refractivity contribution is -0.127. The van der Waals surface area contributed by atoms with Crippen LogP contribution in [0.2, 0.25) is 0 Å². The summed E-state index contributed by atoms with van der Waals surface area (Å²) in [4.78, 5) is 12.4. The van der Waals surface area contributed by atoms with E-state index in [1.807, 2.05) is 31.2 Å². The first-order valence-electron chi connectivity index (χ1n) is 8.08. The summed E-state index contributed by atoms with van der Waals surface area (Å²) < 4.78 is 6.69. The zero-order chi connectivity index (χ0) is 17.9. The molecule has 0 aliphatic heterocycles. The van der Waals surface area contributed by atoms with Crippen LogP contribution in [-0.2, 0) is 4.79 Å². The lowest BCUT2D eigenvalue weighted by Crippen LogP contribution is -2.38. The van der Waals surface area contributed by atoms with E-state index in [0.717, 1.165) is 10.0 Å². The summed E-state index contributed by atoms with van der Waals surface area (Å²) in [6, 6.07) is 11.7. The SMILES string of the molecule is Cc1cc(C)c([C@H](C)NC(=O)[C@H](C)Oc2ccc(Br)cc2)cc1C. The summed E-state index contributed by atoms with van der Waals surface area (Å²) in [5, 5.41) is 3.04. The van der Waals surface area contributed by atoms with E-state index in [1.165, 1.54) is 16.7 Å². The quantitative estimate of drug-likeness (QED) is 0.779. The van der Waals surface area contributed by atoms with Crippen molar-refractivity contribution < 1.29 is 9.53 Å². The van der Waals surface area contributed by atoms with Crippen LogP contribution in [0.15, 0.2) is 40.9 Å². The van der Waals surface area contributed by atoms with Gasteiger partial charge in [-0.2, -0.15) is 0 Å². The number of ether oxygens (including phenoxy) is 1. The van der Waals surface area contributed by atoms with Gasteiger partial charge in [-0.15, -0.1) is 0 Å². The zero-order valence-electron chi connectivity index (χ0n) is 14.8. The van der Waals surface area contributed by atoms with E-state index >= 15 is 0 Å². The number of carbonyl (C=O) groups excluding carboxylic acids is 1. The molecule has 2 atom stereocenters. The Labute approximate surface area is 152 Å². The molecule has 0 radical (unpaired) electrons. The average molecular weight is 390 g/mol. The minimum absolute atomic E-state index is 0.0623. The molecule has 0 heterocycles. The maximum absolute atomic E-state index is 12.4. The molecule has 2 rings (SSSR count). The van der Waals surface area contributed by atoms with Crippen molar-refractivity contribution >= 4 is 21.8 Å². The van der Waals surface area contributed by atoms with Crippen molar-refractivity contribution in [3.63, 3.8) is 0 Å². The van der Waals surface area contributed by atoms with E-state index in [1.54, 1.807) is 6.92 Å². The Kier molecular flexibility index (Phi) is 6.05. The molecule has 128 valence electrons. The fourth-order valence-electron chi connectivity index (χ4n) is 2.63. The standard InChI is InChI=1S/C20H24BrNO2/c1-12-10-14(3)19(11-13(12)2)15(4)22-20(23)16(5)24-18-8-6-17(21)7-9-18/h6-11,15-16H,1-5H3,(H,22,23)/t15-,16-/m0/s1. The number of benzene rings is 2. The molecule has 0 fully saturated rings. The van der Waals surface area contributed by atoms with Gasteiger partial charge < -0.3 is 10.1 Å². The van der Waals surface area contributed by atoms with E-state index in [0.29, 0.717) is 5.75 Å². The number of carbonyl (C=O) groups is 1. The summed E-state index contributed by atoms with van der Waals surface area (Å²) in [7, 11) is 0. The lowest BCUT2D eigenvalue weighted by Gasteiger charge is -2.21. The van der Waals surface area contributed by atoms with Gasteiger partial charge in [-0.3, -0.25) is 4.79 Å². The number of amides is 1. The number of aryl methyl sites for hydroxylation is 3. The van der Waals surface area contributed by atoms with E-state index in [2.05, 4.69) is 54.2 Å². The third kappa shape index (κ3) is 4.60. The van der Waals surface area contributed by atoms with Crippen LogP contribution in [0.1, 0.15) is 42.1 Å². The first kappa shape index (κ1) is 18.5. The van der Waals surface area contributed by atoms with Gasteiger partial charge in [0, 0.05) is 4.47 Å². The minimum atomic E-state index is -0.555. The zero-order valence-corrected chi connectivity index (χ0v) is 16.4. The van der Waals surface area contributed by atoms with Gasteiger partial charge in [0.1, 0.15) is 5.75 Å². The smallest absolute Gasteiger partial charge is 0.261 e. The third-order valence-electron chi connectivity index (χ3n) is 4.20. The Hall–Kier alpha value is -1.81. The van der Waals surface area contributed by atoms with Crippen molar-refractivity contribution in [3.05, 3.63) is 63.1 Å². The van der Waals surface area contributed by atoms with Gasteiger partial charge in [0.2, 0.25) is 0 Å². The highest BCUT2D eigenvalue weighted by molar-refractivity contribution is 9.10. The largest absolute Gasteiger partial charge is 0.481 e. The number of halogens is 1. The third-order valence-corrected chi connectivity index (χ3v) is 4.73. The highest BCUT2D eigenvalue weighted by Crippen LogP contribution is 2.22. The summed E-state index contributed by atoms with van der Waals surface area (Å²) in [5.41, 5.74) is 4.83. The maximum Gasteiger partial charge on any atom is 0.261 e. The van der Waals surface area contributed by atoms with Crippen LogP contribution in [-0.4, -0.2) is 12.0 Å². The molecule has 1 amide bonds. The molecule has 0 aromatic heterocycles. The van der Waals surface area contributed by atoms with Crippen LogP contribution >= 0.6 is 15.9 Å². The Morgan fingerprint density at radius 2 is 1.58 bits per heavy atom. The van der Waals surface area contributed by atoms with Crippen molar-refractivity contribution in [1.82, 2.24) is 5.32 Å². The van der Waals surface area contributed by atoms with Crippen LogP contribution in [0, 0.1) is 20.8 Å². The van der Waals surface area contributed by atoms with Crippen molar-refractivity contribution in [3.8, 4) is 5.75 Å². The van der Waals surface area contributed by atoms with Crippen molar-refractivity contribution in [2.45, 2.75) is 46.8 Å². The van der Waals surface area contributed by atoms with Crippen LogP contribution in [0.3, 0.4) is 0 Å². The molecule has 2 aromatic carbocycles. The predicted octanol–water partition coefficient (Wildman–Crippen LogP) is 5.02. The molecule has 0 unspecified atom stereocenters. The first-order valence-corrected chi connectivity index (χ1v) is 8.87. The molecule has 0 aliphatic carbocycles. The van der Waals surface area contributed by atoms with Gasteiger partial charge in [0.15, 0.2) is 6.10 Å². The summed E-state index contributed by atoms with van der Waals surface area (Å²) >= 11 is 3.38. The van der Waals surface area contributed by atoms with Crippen molar-refractivity contribution in [2.24, 2.45) is 0 Å². The van der Waals surface area contributed by atoms with Gasteiger partial charge in [-0.05, 0) is 81.1 Å². The highest BCUT2D eigenvalue weighted by Gasteiger charge is 2.19. The summed E-state index contributed by atoms with van der Waals surface area (Å²) in [6.45, 7) is 10.0. The minimum Gasteiger partial charge on any atom is -0.481 e. The molecule has 2 aromatic rings. The fourth-order valence-corrected chi connectivity index (χ4v) is 2.89. The van der Waals surface area contributed by atoms with Gasteiger partial charge in [0.25, 0.3) is 5.91 Å². The second-order valence-electron chi connectivity index (χ2n) is 6.24. The predicted molar refractivity (Wildman–Crippen MR) is 101 cm³/mol. The molecule has 4 heteroatoms. The maximum atomic E-state index is 12.4. The Bertz CT molecular complexity index is 725. The molecular formula is C20H24BrNO2.